The Morgan fingerprint density at radius 3 is 2.83 bits per heavy atom. The molecule has 2 aromatic heterocycles. The third-order valence-corrected chi connectivity index (χ3v) is 3.30. The van der Waals surface area contributed by atoms with Gasteiger partial charge in [-0.25, -0.2) is 9.78 Å². The van der Waals surface area contributed by atoms with E-state index in [-0.39, 0.29) is 6.04 Å². The quantitative estimate of drug-likeness (QED) is 0.577. The van der Waals surface area contributed by atoms with E-state index in [4.69, 9.17) is 0 Å². The number of hydrogen-bond acceptors (Lipinski definition) is 4. The van der Waals surface area contributed by atoms with Gasteiger partial charge in [0.25, 0.3) is 5.56 Å². The molecule has 1 aliphatic heterocycles. The van der Waals surface area contributed by atoms with Gasteiger partial charge in [-0.05, 0) is 19.4 Å². The lowest BCUT2D eigenvalue weighted by atomic mass is 10.1. The molecule has 1 atom stereocenters. The Kier molecular flexibility index (Phi) is 2.75. The molecular formula is C11H15N5O2. The Hall–Kier alpha value is -1.89. The van der Waals surface area contributed by atoms with Crippen LogP contribution in [0, 0.1) is 0 Å². The number of H-pyrrole nitrogens is 3. The van der Waals surface area contributed by atoms with E-state index in [9.17, 15) is 9.59 Å². The summed E-state index contributed by atoms with van der Waals surface area (Å²) in [4.78, 5) is 34.8. The molecule has 1 unspecified atom stereocenters. The van der Waals surface area contributed by atoms with Crippen LogP contribution in [0.1, 0.15) is 37.5 Å². The van der Waals surface area contributed by atoms with E-state index in [0.29, 0.717) is 11.2 Å². The Labute approximate surface area is 102 Å². The summed E-state index contributed by atoms with van der Waals surface area (Å²) in [6, 6.07) is 0.128. The highest BCUT2D eigenvalue weighted by Gasteiger charge is 2.18. The van der Waals surface area contributed by atoms with E-state index in [1.807, 2.05) is 0 Å². The lowest BCUT2D eigenvalue weighted by molar-refractivity contribution is 0.513. The first-order chi connectivity index (χ1) is 8.74. The van der Waals surface area contributed by atoms with Crippen LogP contribution in [0.15, 0.2) is 9.59 Å². The van der Waals surface area contributed by atoms with Crippen molar-refractivity contribution in [3.05, 3.63) is 26.7 Å². The predicted octanol–water partition coefficient (Wildman–Crippen LogP) is 0.144. The average Bonchev–Trinajstić information content (AvgIpc) is 2.59. The molecule has 7 nitrogen and oxygen atoms in total. The first-order valence-electron chi connectivity index (χ1n) is 6.19. The monoisotopic (exact) mass is 249 g/mol. The van der Waals surface area contributed by atoms with Crippen LogP contribution >= 0.6 is 0 Å². The van der Waals surface area contributed by atoms with Gasteiger partial charge >= 0.3 is 5.69 Å². The van der Waals surface area contributed by atoms with Gasteiger partial charge in [0.15, 0.2) is 5.65 Å². The zero-order valence-corrected chi connectivity index (χ0v) is 9.88. The number of nitrogens with one attached hydrogen (secondary N) is 4. The van der Waals surface area contributed by atoms with Crippen molar-refractivity contribution in [3.63, 3.8) is 0 Å². The molecule has 2 aromatic rings. The molecule has 1 saturated heterocycles. The lowest BCUT2D eigenvalue weighted by Crippen LogP contribution is -2.22. The van der Waals surface area contributed by atoms with Crippen molar-refractivity contribution in [2.45, 2.75) is 31.7 Å². The second-order valence-corrected chi connectivity index (χ2v) is 4.61. The Morgan fingerprint density at radius 2 is 1.94 bits per heavy atom. The molecule has 3 rings (SSSR count). The fraction of sp³-hybridized carbons (Fsp3) is 0.545. The minimum Gasteiger partial charge on any atom is -0.335 e. The van der Waals surface area contributed by atoms with Crippen LogP contribution in [0.3, 0.4) is 0 Å². The minimum absolute atomic E-state index is 0.128. The smallest absolute Gasteiger partial charge is 0.327 e. The highest BCUT2D eigenvalue weighted by molar-refractivity contribution is 5.68. The fourth-order valence-electron chi connectivity index (χ4n) is 2.38. The van der Waals surface area contributed by atoms with Gasteiger partial charge < -0.3 is 10.3 Å². The van der Waals surface area contributed by atoms with E-state index < -0.39 is 11.2 Å². The van der Waals surface area contributed by atoms with Crippen LogP contribution in [0.5, 0.6) is 0 Å². The standard InChI is InChI=1S/C11H15N5O2/c17-10-7-9(15-11(18)16-10)14-8(13-7)6-4-2-1-3-5-12-6/h6,12H,1-5H2,(H3,13,14,15,16,17,18). The van der Waals surface area contributed by atoms with E-state index in [0.717, 1.165) is 31.6 Å². The third kappa shape index (κ3) is 1.97. The molecule has 0 saturated carbocycles. The molecule has 1 fully saturated rings. The Bertz CT molecular complexity index is 660. The molecule has 0 aromatic carbocycles. The van der Waals surface area contributed by atoms with E-state index in [2.05, 4.69) is 25.3 Å². The highest BCUT2D eigenvalue weighted by atomic mass is 16.2. The van der Waals surface area contributed by atoms with Gasteiger partial charge in [-0.2, -0.15) is 0 Å². The van der Waals surface area contributed by atoms with Gasteiger partial charge in [0.1, 0.15) is 11.3 Å². The molecule has 96 valence electrons. The van der Waals surface area contributed by atoms with Gasteiger partial charge in [0.05, 0.1) is 6.04 Å². The molecule has 0 radical (unpaired) electrons. The van der Waals surface area contributed by atoms with Gasteiger partial charge in [-0.15, -0.1) is 0 Å². The number of fused-ring (bicyclic) bond motifs is 1. The lowest BCUT2D eigenvalue weighted by Gasteiger charge is -2.11. The van der Waals surface area contributed by atoms with Crippen LogP contribution in [0.2, 0.25) is 0 Å². The maximum absolute atomic E-state index is 11.6. The number of rotatable bonds is 1. The molecule has 18 heavy (non-hydrogen) atoms. The maximum atomic E-state index is 11.6. The van der Waals surface area contributed by atoms with Crippen LogP contribution in [0.25, 0.3) is 11.2 Å². The number of imidazole rings is 1. The topological polar surface area (TPSA) is 106 Å². The van der Waals surface area contributed by atoms with Gasteiger partial charge in [-0.1, -0.05) is 12.8 Å². The SMILES string of the molecule is O=c1[nH]c(=O)c2[nH]c(C3CCCCCN3)nc2[nH]1. The summed E-state index contributed by atoms with van der Waals surface area (Å²) < 4.78 is 0. The van der Waals surface area contributed by atoms with Crippen LogP contribution in [0.4, 0.5) is 0 Å². The first kappa shape index (κ1) is 11.2. The summed E-state index contributed by atoms with van der Waals surface area (Å²) in [7, 11) is 0. The minimum atomic E-state index is -0.528. The Morgan fingerprint density at radius 1 is 1.06 bits per heavy atom. The van der Waals surface area contributed by atoms with E-state index >= 15 is 0 Å². The summed E-state index contributed by atoms with van der Waals surface area (Å²) in [5.74, 6) is 0.722. The van der Waals surface area contributed by atoms with Gasteiger partial charge in [0, 0.05) is 0 Å². The zero-order valence-electron chi connectivity index (χ0n) is 9.88. The molecule has 0 spiro atoms. The van der Waals surface area contributed by atoms with Crippen LogP contribution < -0.4 is 16.6 Å². The van der Waals surface area contributed by atoms with Crippen molar-refractivity contribution in [2.24, 2.45) is 0 Å². The molecular weight excluding hydrogens is 234 g/mol. The zero-order chi connectivity index (χ0) is 12.5. The van der Waals surface area contributed by atoms with Crippen molar-refractivity contribution in [2.75, 3.05) is 6.54 Å². The molecule has 3 heterocycles. The van der Waals surface area contributed by atoms with Gasteiger partial charge in [-0.3, -0.25) is 14.8 Å². The second kappa shape index (κ2) is 4.41. The molecule has 0 bridgehead atoms. The van der Waals surface area contributed by atoms with Crippen molar-refractivity contribution < 1.29 is 0 Å². The summed E-state index contributed by atoms with van der Waals surface area (Å²) in [6.45, 7) is 0.953. The summed E-state index contributed by atoms with van der Waals surface area (Å²) in [5, 5.41) is 3.39. The molecule has 0 amide bonds. The van der Waals surface area contributed by atoms with Crippen molar-refractivity contribution in [1.29, 1.82) is 0 Å². The fourth-order valence-corrected chi connectivity index (χ4v) is 2.38. The molecule has 1 aliphatic rings. The number of hydrogen-bond donors (Lipinski definition) is 4. The number of nitrogens with zero attached hydrogens (tertiary/aromatic N) is 1. The average molecular weight is 249 g/mol. The summed E-state index contributed by atoms with van der Waals surface area (Å²) >= 11 is 0. The largest absolute Gasteiger partial charge is 0.335 e. The van der Waals surface area contributed by atoms with Crippen molar-refractivity contribution in [1.82, 2.24) is 25.3 Å². The van der Waals surface area contributed by atoms with Crippen molar-refractivity contribution in [3.8, 4) is 0 Å². The highest BCUT2D eigenvalue weighted by Crippen LogP contribution is 2.20. The second-order valence-electron chi connectivity index (χ2n) is 4.61. The van der Waals surface area contributed by atoms with Crippen LogP contribution in [-0.2, 0) is 0 Å². The summed E-state index contributed by atoms with van der Waals surface area (Å²) in [6.07, 6.45) is 4.50. The number of aromatic nitrogens is 4. The molecule has 7 heteroatoms. The molecule has 4 N–H and O–H groups in total. The Balaban J connectivity index is 2.04. The predicted molar refractivity (Wildman–Crippen MR) is 66.5 cm³/mol. The van der Waals surface area contributed by atoms with E-state index in [1.54, 1.807) is 0 Å². The summed E-state index contributed by atoms with van der Waals surface area (Å²) in [5.41, 5.74) is -0.305. The number of aromatic amines is 3. The van der Waals surface area contributed by atoms with E-state index in [1.165, 1.54) is 6.42 Å². The van der Waals surface area contributed by atoms with Crippen LogP contribution in [-0.4, -0.2) is 26.5 Å². The third-order valence-electron chi connectivity index (χ3n) is 3.30. The molecule has 0 aliphatic carbocycles. The van der Waals surface area contributed by atoms with Crippen molar-refractivity contribution >= 4 is 11.2 Å². The van der Waals surface area contributed by atoms with Gasteiger partial charge in [0.2, 0.25) is 0 Å². The first-order valence-corrected chi connectivity index (χ1v) is 6.19. The normalized spacial score (nSPS) is 21.0. The maximum Gasteiger partial charge on any atom is 0.327 e.